The number of hydrogen-bond donors (Lipinski definition) is 0. The Morgan fingerprint density at radius 1 is 0.962 bits per heavy atom. The van der Waals surface area contributed by atoms with E-state index in [1.807, 2.05) is 30.3 Å². The molecule has 0 amide bonds. The predicted octanol–water partition coefficient (Wildman–Crippen LogP) is 3.51. The van der Waals surface area contributed by atoms with Gasteiger partial charge in [-0.2, -0.15) is 0 Å². The van der Waals surface area contributed by atoms with E-state index < -0.39 is 5.97 Å². The van der Waals surface area contributed by atoms with Crippen LogP contribution in [0, 0.1) is 0 Å². The molecule has 6 nitrogen and oxygen atoms in total. The molecule has 0 unspecified atom stereocenters. The summed E-state index contributed by atoms with van der Waals surface area (Å²) in [5, 5.41) is 0. The first kappa shape index (κ1) is 19.5. The SMILES string of the molecule is COCOc1cc(/C=C/C(=O)OC)c(-c2ccccc2)c(OCOC)c1. The van der Waals surface area contributed by atoms with Gasteiger partial charge in [0.05, 0.1) is 7.11 Å². The molecule has 0 saturated heterocycles. The Morgan fingerprint density at radius 2 is 1.65 bits per heavy atom. The maximum atomic E-state index is 11.5. The second kappa shape index (κ2) is 10.2. The normalized spacial score (nSPS) is 10.7. The van der Waals surface area contributed by atoms with Gasteiger partial charge in [-0.1, -0.05) is 30.3 Å². The summed E-state index contributed by atoms with van der Waals surface area (Å²) in [6, 6.07) is 13.3. The molecule has 0 aliphatic carbocycles. The van der Waals surface area contributed by atoms with Crippen LogP contribution in [0.25, 0.3) is 17.2 Å². The Balaban J connectivity index is 2.57. The fourth-order valence-electron chi connectivity index (χ4n) is 2.33. The number of carbonyl (C=O) groups is 1. The molecular weight excluding hydrogens is 336 g/mol. The first-order chi connectivity index (χ1) is 12.7. The summed E-state index contributed by atoms with van der Waals surface area (Å²) in [5.41, 5.74) is 2.48. The third kappa shape index (κ3) is 5.34. The molecule has 26 heavy (non-hydrogen) atoms. The Morgan fingerprint density at radius 3 is 2.31 bits per heavy atom. The number of hydrogen-bond acceptors (Lipinski definition) is 6. The minimum atomic E-state index is -0.452. The highest BCUT2D eigenvalue weighted by Gasteiger charge is 2.14. The van der Waals surface area contributed by atoms with Gasteiger partial charge in [0.1, 0.15) is 11.5 Å². The maximum absolute atomic E-state index is 11.5. The van der Waals surface area contributed by atoms with Crippen molar-refractivity contribution in [3.63, 3.8) is 0 Å². The zero-order valence-corrected chi connectivity index (χ0v) is 15.1. The van der Waals surface area contributed by atoms with Crippen molar-refractivity contribution in [2.45, 2.75) is 0 Å². The van der Waals surface area contributed by atoms with E-state index in [2.05, 4.69) is 4.74 Å². The van der Waals surface area contributed by atoms with E-state index in [0.29, 0.717) is 11.5 Å². The van der Waals surface area contributed by atoms with Crippen LogP contribution in [0.3, 0.4) is 0 Å². The monoisotopic (exact) mass is 358 g/mol. The van der Waals surface area contributed by atoms with Gasteiger partial charge >= 0.3 is 5.97 Å². The van der Waals surface area contributed by atoms with Crippen LogP contribution in [0.5, 0.6) is 11.5 Å². The third-order valence-corrected chi connectivity index (χ3v) is 3.44. The maximum Gasteiger partial charge on any atom is 0.330 e. The molecule has 0 saturated carbocycles. The molecule has 0 spiro atoms. The highest BCUT2D eigenvalue weighted by molar-refractivity contribution is 5.90. The third-order valence-electron chi connectivity index (χ3n) is 3.44. The van der Waals surface area contributed by atoms with Crippen LogP contribution in [0.2, 0.25) is 0 Å². The van der Waals surface area contributed by atoms with E-state index in [9.17, 15) is 4.79 Å². The molecule has 138 valence electrons. The van der Waals surface area contributed by atoms with Crippen molar-refractivity contribution in [2.75, 3.05) is 34.9 Å². The number of ether oxygens (including phenoxy) is 5. The molecule has 0 atom stereocenters. The van der Waals surface area contributed by atoms with Crippen molar-refractivity contribution in [3.8, 4) is 22.6 Å². The lowest BCUT2D eigenvalue weighted by molar-refractivity contribution is -0.134. The van der Waals surface area contributed by atoms with Crippen molar-refractivity contribution in [1.29, 1.82) is 0 Å². The van der Waals surface area contributed by atoms with Crippen molar-refractivity contribution in [1.82, 2.24) is 0 Å². The van der Waals surface area contributed by atoms with Crippen molar-refractivity contribution in [2.24, 2.45) is 0 Å². The van der Waals surface area contributed by atoms with Crippen LogP contribution in [0.4, 0.5) is 0 Å². The summed E-state index contributed by atoms with van der Waals surface area (Å²) in [5.74, 6) is 0.657. The van der Waals surface area contributed by atoms with Gasteiger partial charge in [0, 0.05) is 31.9 Å². The molecule has 0 radical (unpaired) electrons. The van der Waals surface area contributed by atoms with Crippen LogP contribution in [-0.2, 0) is 19.0 Å². The Kier molecular flexibility index (Phi) is 7.67. The van der Waals surface area contributed by atoms with Gasteiger partial charge in [0.2, 0.25) is 0 Å². The number of esters is 1. The Hall–Kier alpha value is -2.83. The van der Waals surface area contributed by atoms with Crippen LogP contribution in [-0.4, -0.2) is 40.9 Å². The first-order valence-electron chi connectivity index (χ1n) is 7.92. The van der Waals surface area contributed by atoms with Crippen molar-refractivity contribution < 1.29 is 28.5 Å². The van der Waals surface area contributed by atoms with Gasteiger partial charge in [-0.25, -0.2) is 4.79 Å². The van der Waals surface area contributed by atoms with Crippen LogP contribution < -0.4 is 9.47 Å². The standard InChI is InChI=1S/C20H22O6/c1-22-13-25-17-11-16(9-10-19(21)24-3)20(15-7-5-4-6-8-15)18(12-17)26-14-23-2/h4-12H,13-14H2,1-3H3/b10-9+. The molecule has 0 aliphatic rings. The number of carbonyl (C=O) groups excluding carboxylic acids is 1. The molecule has 2 rings (SSSR count). The highest BCUT2D eigenvalue weighted by atomic mass is 16.7. The number of methoxy groups -OCH3 is 3. The van der Waals surface area contributed by atoms with Gasteiger partial charge in [-0.05, 0) is 23.3 Å². The molecule has 0 N–H and O–H groups in total. The molecule has 2 aromatic carbocycles. The van der Waals surface area contributed by atoms with Gasteiger partial charge in [0.25, 0.3) is 0 Å². The summed E-state index contributed by atoms with van der Waals surface area (Å²) in [6.07, 6.45) is 3.01. The van der Waals surface area contributed by atoms with E-state index in [1.165, 1.54) is 13.2 Å². The molecule has 2 aromatic rings. The summed E-state index contributed by atoms with van der Waals surface area (Å²) in [4.78, 5) is 11.5. The summed E-state index contributed by atoms with van der Waals surface area (Å²) >= 11 is 0. The summed E-state index contributed by atoms with van der Waals surface area (Å²) in [6.45, 7) is 0.169. The lowest BCUT2D eigenvalue weighted by Crippen LogP contribution is -2.04. The highest BCUT2D eigenvalue weighted by Crippen LogP contribution is 2.38. The van der Waals surface area contributed by atoms with Crippen LogP contribution in [0.15, 0.2) is 48.5 Å². The fraction of sp³-hybridized carbons (Fsp3) is 0.250. The Labute approximate surface area is 152 Å². The van der Waals surface area contributed by atoms with Gasteiger partial charge < -0.3 is 23.7 Å². The number of benzene rings is 2. The van der Waals surface area contributed by atoms with Gasteiger partial charge in [-0.15, -0.1) is 0 Å². The van der Waals surface area contributed by atoms with Crippen molar-refractivity contribution >= 4 is 12.0 Å². The van der Waals surface area contributed by atoms with Crippen molar-refractivity contribution in [3.05, 3.63) is 54.1 Å². The zero-order valence-electron chi connectivity index (χ0n) is 15.1. The average Bonchev–Trinajstić information content (AvgIpc) is 2.69. The van der Waals surface area contributed by atoms with E-state index in [0.717, 1.165) is 16.7 Å². The molecule has 0 heterocycles. The molecule has 0 bridgehead atoms. The molecule has 0 aliphatic heterocycles. The van der Waals surface area contributed by atoms with E-state index in [-0.39, 0.29) is 13.6 Å². The molecule has 0 fully saturated rings. The fourth-order valence-corrected chi connectivity index (χ4v) is 2.33. The van der Waals surface area contributed by atoms with E-state index in [1.54, 1.807) is 32.4 Å². The topological polar surface area (TPSA) is 63.2 Å². The summed E-state index contributed by atoms with van der Waals surface area (Å²) < 4.78 is 26.0. The quantitative estimate of drug-likeness (QED) is 0.388. The van der Waals surface area contributed by atoms with E-state index >= 15 is 0 Å². The molecular formula is C20H22O6. The number of rotatable bonds is 9. The van der Waals surface area contributed by atoms with E-state index in [4.69, 9.17) is 18.9 Å². The van der Waals surface area contributed by atoms with Gasteiger partial charge in [0.15, 0.2) is 13.6 Å². The van der Waals surface area contributed by atoms with Crippen LogP contribution in [0.1, 0.15) is 5.56 Å². The van der Waals surface area contributed by atoms with Crippen LogP contribution >= 0.6 is 0 Å². The van der Waals surface area contributed by atoms with Gasteiger partial charge in [-0.3, -0.25) is 0 Å². The lowest BCUT2D eigenvalue weighted by Gasteiger charge is -2.16. The first-order valence-corrected chi connectivity index (χ1v) is 7.92. The second-order valence-electron chi connectivity index (χ2n) is 5.21. The Bertz CT molecular complexity index is 739. The minimum Gasteiger partial charge on any atom is -0.467 e. The summed E-state index contributed by atoms with van der Waals surface area (Å²) in [7, 11) is 4.42. The smallest absolute Gasteiger partial charge is 0.330 e. The second-order valence-corrected chi connectivity index (χ2v) is 5.21. The largest absolute Gasteiger partial charge is 0.467 e. The predicted molar refractivity (Wildman–Crippen MR) is 97.9 cm³/mol. The minimum absolute atomic E-state index is 0.0771. The zero-order chi connectivity index (χ0) is 18.8. The lowest BCUT2D eigenvalue weighted by atomic mass is 9.97. The average molecular weight is 358 g/mol. The molecule has 6 heteroatoms. The molecule has 0 aromatic heterocycles.